The number of nitrogens with one attached hydrogen (secondary N) is 1. The zero-order chi connectivity index (χ0) is 17.9. The van der Waals surface area contributed by atoms with E-state index in [-0.39, 0.29) is 11.8 Å². The molecule has 2 aromatic carbocycles. The normalized spacial score (nSPS) is 17.9. The van der Waals surface area contributed by atoms with Gasteiger partial charge in [0.2, 0.25) is 0 Å². The number of fused-ring (bicyclic) bond motifs is 1. The molecule has 0 bridgehead atoms. The Hall–Kier alpha value is -2.43. The first-order valence-corrected chi connectivity index (χ1v) is 9.33. The van der Waals surface area contributed by atoms with E-state index in [1.807, 2.05) is 54.6 Å². The van der Waals surface area contributed by atoms with Crippen molar-refractivity contribution in [1.29, 1.82) is 0 Å². The molecule has 0 radical (unpaired) electrons. The van der Waals surface area contributed by atoms with Crippen LogP contribution >= 0.6 is 0 Å². The van der Waals surface area contributed by atoms with Gasteiger partial charge in [0.1, 0.15) is 6.10 Å². The summed E-state index contributed by atoms with van der Waals surface area (Å²) in [6, 6.07) is 17.3. The summed E-state index contributed by atoms with van der Waals surface area (Å²) in [5.74, 6) is -0.220. The number of H-pyrrole nitrogens is 1. The highest BCUT2D eigenvalue weighted by Gasteiger charge is 2.34. The summed E-state index contributed by atoms with van der Waals surface area (Å²) in [7, 11) is 0. The summed E-state index contributed by atoms with van der Waals surface area (Å²) >= 11 is 0. The number of carbonyl (C=O) groups excluding carboxylic acids is 1. The van der Waals surface area contributed by atoms with Crippen molar-refractivity contribution in [3.05, 3.63) is 71.9 Å². The number of hydrogen-bond donors (Lipinski definition) is 2. The largest absolute Gasteiger partial charge is 0.383 e. The molecule has 1 aliphatic rings. The second-order valence-electron chi connectivity index (χ2n) is 7.01. The van der Waals surface area contributed by atoms with Gasteiger partial charge in [-0.05, 0) is 37.6 Å². The average Bonchev–Trinajstić information content (AvgIpc) is 3.13. The topological polar surface area (TPSA) is 56.3 Å². The van der Waals surface area contributed by atoms with Crippen LogP contribution in [0, 0.1) is 0 Å². The van der Waals surface area contributed by atoms with Gasteiger partial charge in [0.05, 0.1) is 6.04 Å². The van der Waals surface area contributed by atoms with Crippen LogP contribution in [-0.4, -0.2) is 40.0 Å². The summed E-state index contributed by atoms with van der Waals surface area (Å²) in [6.45, 7) is 1.83. The third-order valence-corrected chi connectivity index (χ3v) is 5.35. The molecule has 0 amide bonds. The number of rotatable bonds is 5. The number of Topliss-reactive ketones (excluding diaryl/α,β-unsaturated/α-hetero) is 1. The standard InChI is InChI=1S/C22H24N2O2/c25-21(18-15-23-19-12-6-5-11-17(18)19)22(26)20(16-9-3-1-4-10-16)24-13-7-2-8-14-24/h1,3-6,9-12,15,20,22-23,26H,2,7-8,13-14H2/t20-,22+/m1/s1. The van der Waals surface area contributed by atoms with Gasteiger partial charge in [-0.1, -0.05) is 55.0 Å². The van der Waals surface area contributed by atoms with Crippen molar-refractivity contribution in [3.8, 4) is 0 Å². The quantitative estimate of drug-likeness (QED) is 0.687. The molecule has 4 nitrogen and oxygen atoms in total. The Bertz CT molecular complexity index is 881. The number of piperidine rings is 1. The Labute approximate surface area is 153 Å². The fourth-order valence-electron chi connectivity index (χ4n) is 4.02. The molecule has 1 aliphatic heterocycles. The number of benzene rings is 2. The van der Waals surface area contributed by atoms with Gasteiger partial charge in [0, 0.05) is 22.7 Å². The van der Waals surface area contributed by atoms with E-state index >= 15 is 0 Å². The Balaban J connectivity index is 1.69. The second kappa shape index (κ2) is 7.44. The van der Waals surface area contributed by atoms with E-state index in [9.17, 15) is 9.90 Å². The van der Waals surface area contributed by atoms with Crippen LogP contribution in [0.2, 0.25) is 0 Å². The minimum absolute atomic E-state index is 0.220. The third kappa shape index (κ3) is 3.18. The monoisotopic (exact) mass is 348 g/mol. The smallest absolute Gasteiger partial charge is 0.195 e. The molecule has 2 heterocycles. The van der Waals surface area contributed by atoms with Crippen LogP contribution < -0.4 is 0 Å². The molecule has 0 unspecified atom stereocenters. The Kier molecular flexibility index (Phi) is 4.87. The van der Waals surface area contributed by atoms with Gasteiger partial charge >= 0.3 is 0 Å². The first-order chi connectivity index (χ1) is 12.8. The van der Waals surface area contributed by atoms with E-state index in [0.717, 1.165) is 42.4 Å². The molecule has 1 saturated heterocycles. The van der Waals surface area contributed by atoms with Gasteiger partial charge in [0.25, 0.3) is 0 Å². The van der Waals surface area contributed by atoms with E-state index in [1.54, 1.807) is 6.20 Å². The van der Waals surface area contributed by atoms with Crippen LogP contribution in [-0.2, 0) is 0 Å². The van der Waals surface area contributed by atoms with Gasteiger partial charge < -0.3 is 10.1 Å². The van der Waals surface area contributed by atoms with Crippen LogP contribution in [0.4, 0.5) is 0 Å². The average molecular weight is 348 g/mol. The lowest BCUT2D eigenvalue weighted by Gasteiger charge is -2.37. The van der Waals surface area contributed by atoms with Crippen molar-refractivity contribution >= 4 is 16.7 Å². The molecule has 2 N–H and O–H groups in total. The first kappa shape index (κ1) is 17.0. The molecular formula is C22H24N2O2. The lowest BCUT2D eigenvalue weighted by Crippen LogP contribution is -2.43. The fourth-order valence-corrected chi connectivity index (χ4v) is 4.02. The number of aromatic nitrogens is 1. The zero-order valence-corrected chi connectivity index (χ0v) is 14.8. The lowest BCUT2D eigenvalue weighted by molar-refractivity contribution is 0.0324. The van der Waals surface area contributed by atoms with Gasteiger partial charge in [-0.2, -0.15) is 0 Å². The summed E-state index contributed by atoms with van der Waals surface area (Å²) in [6.07, 6.45) is 4.06. The summed E-state index contributed by atoms with van der Waals surface area (Å²) in [4.78, 5) is 18.6. The number of likely N-dealkylation sites (tertiary alicyclic amines) is 1. The molecule has 4 rings (SSSR count). The number of aliphatic hydroxyl groups is 1. The minimum atomic E-state index is -1.09. The first-order valence-electron chi connectivity index (χ1n) is 9.33. The molecule has 1 fully saturated rings. The van der Waals surface area contributed by atoms with Crippen molar-refractivity contribution in [1.82, 2.24) is 9.88 Å². The van der Waals surface area contributed by atoms with E-state index in [0.29, 0.717) is 5.56 Å². The SMILES string of the molecule is O=C(c1c[nH]c2ccccc12)[C@@H](O)[C@@H](c1ccccc1)N1CCCCC1. The molecular weight excluding hydrogens is 324 g/mol. The van der Waals surface area contributed by atoms with Crippen LogP contribution in [0.15, 0.2) is 60.8 Å². The van der Waals surface area contributed by atoms with Crippen LogP contribution in [0.1, 0.15) is 41.2 Å². The Morgan fingerprint density at radius 3 is 2.42 bits per heavy atom. The number of carbonyl (C=O) groups is 1. The van der Waals surface area contributed by atoms with Crippen molar-refractivity contribution in [2.45, 2.75) is 31.4 Å². The van der Waals surface area contributed by atoms with E-state index in [1.165, 1.54) is 6.42 Å². The maximum absolute atomic E-state index is 13.2. The predicted molar refractivity (Wildman–Crippen MR) is 103 cm³/mol. The molecule has 4 heteroatoms. The summed E-state index contributed by atoms with van der Waals surface area (Å²) in [5.41, 5.74) is 2.47. The molecule has 3 aromatic rings. The van der Waals surface area contributed by atoms with Crippen LogP contribution in [0.5, 0.6) is 0 Å². The zero-order valence-electron chi connectivity index (χ0n) is 14.8. The number of nitrogens with zero attached hydrogens (tertiary/aromatic N) is 1. The molecule has 134 valence electrons. The second-order valence-corrected chi connectivity index (χ2v) is 7.01. The van der Waals surface area contributed by atoms with Gasteiger partial charge in [-0.3, -0.25) is 9.69 Å². The summed E-state index contributed by atoms with van der Waals surface area (Å²) < 4.78 is 0. The van der Waals surface area contributed by atoms with Crippen molar-refractivity contribution in [3.63, 3.8) is 0 Å². The van der Waals surface area contributed by atoms with Crippen molar-refractivity contribution in [2.24, 2.45) is 0 Å². The highest BCUT2D eigenvalue weighted by atomic mass is 16.3. The van der Waals surface area contributed by atoms with Gasteiger partial charge in [-0.15, -0.1) is 0 Å². The van der Waals surface area contributed by atoms with Crippen LogP contribution in [0.3, 0.4) is 0 Å². The van der Waals surface area contributed by atoms with E-state index in [2.05, 4.69) is 9.88 Å². The van der Waals surface area contributed by atoms with Crippen molar-refractivity contribution < 1.29 is 9.90 Å². The summed E-state index contributed by atoms with van der Waals surface area (Å²) in [5, 5.41) is 12.0. The number of aliphatic hydroxyl groups excluding tert-OH is 1. The van der Waals surface area contributed by atoms with Crippen LogP contribution in [0.25, 0.3) is 10.9 Å². The highest BCUT2D eigenvalue weighted by molar-refractivity contribution is 6.10. The van der Waals surface area contributed by atoms with Crippen molar-refractivity contribution in [2.75, 3.05) is 13.1 Å². The Morgan fingerprint density at radius 2 is 1.65 bits per heavy atom. The maximum atomic E-state index is 13.2. The maximum Gasteiger partial charge on any atom is 0.195 e. The van der Waals surface area contributed by atoms with Gasteiger partial charge in [0.15, 0.2) is 5.78 Å². The van der Waals surface area contributed by atoms with Gasteiger partial charge in [-0.25, -0.2) is 0 Å². The lowest BCUT2D eigenvalue weighted by atomic mass is 9.92. The predicted octanol–water partition coefficient (Wildman–Crippen LogP) is 3.94. The van der Waals surface area contributed by atoms with E-state index in [4.69, 9.17) is 0 Å². The highest BCUT2D eigenvalue weighted by Crippen LogP contribution is 2.30. The molecule has 0 aliphatic carbocycles. The fraction of sp³-hybridized carbons (Fsp3) is 0.318. The molecule has 0 spiro atoms. The Morgan fingerprint density at radius 1 is 0.962 bits per heavy atom. The van der Waals surface area contributed by atoms with E-state index < -0.39 is 6.10 Å². The molecule has 0 saturated carbocycles. The molecule has 1 aromatic heterocycles. The number of aromatic amines is 1. The number of ketones is 1. The molecule has 2 atom stereocenters. The molecule has 26 heavy (non-hydrogen) atoms. The number of hydrogen-bond acceptors (Lipinski definition) is 3. The minimum Gasteiger partial charge on any atom is -0.383 e. The number of para-hydroxylation sites is 1. The third-order valence-electron chi connectivity index (χ3n) is 5.35.